The van der Waals surface area contributed by atoms with Crippen molar-refractivity contribution in [1.29, 1.82) is 0 Å². The molecule has 11 heavy (non-hydrogen) atoms. The maximum atomic E-state index is 6.03. The van der Waals surface area contributed by atoms with Crippen LogP contribution >= 0.6 is 11.6 Å². The van der Waals surface area contributed by atoms with E-state index in [-0.39, 0.29) is 5.38 Å². The van der Waals surface area contributed by atoms with Gasteiger partial charge in [0.25, 0.3) is 0 Å². The number of aromatic nitrogens is 1. The van der Waals surface area contributed by atoms with Gasteiger partial charge in [-0.05, 0) is 25.0 Å². The zero-order valence-electron chi connectivity index (χ0n) is 6.84. The number of aryl methyl sites for hydroxylation is 1. The van der Waals surface area contributed by atoms with Gasteiger partial charge in [-0.25, -0.2) is 0 Å². The molecule has 0 aliphatic rings. The highest BCUT2D eigenvalue weighted by Gasteiger charge is 2.07. The number of hydrogen-bond acceptors (Lipinski definition) is 1. The van der Waals surface area contributed by atoms with Crippen LogP contribution in [0.1, 0.15) is 30.0 Å². The molecular formula is C9H12ClN. The van der Waals surface area contributed by atoms with Crippen molar-refractivity contribution in [1.82, 2.24) is 4.98 Å². The van der Waals surface area contributed by atoms with Gasteiger partial charge in [0.05, 0.1) is 11.1 Å². The molecule has 0 saturated heterocycles. The molecule has 1 aromatic heterocycles. The number of halogens is 1. The van der Waals surface area contributed by atoms with Crippen LogP contribution in [-0.2, 0) is 0 Å². The fourth-order valence-electron chi connectivity index (χ4n) is 1.02. The summed E-state index contributed by atoms with van der Waals surface area (Å²) in [7, 11) is 0. The third-order valence-electron chi connectivity index (χ3n) is 1.71. The average Bonchev–Trinajstić information content (AvgIpc) is 2.04. The molecule has 2 heteroatoms. The smallest absolute Gasteiger partial charge is 0.0757 e. The van der Waals surface area contributed by atoms with Crippen molar-refractivity contribution >= 4 is 11.6 Å². The van der Waals surface area contributed by atoms with Gasteiger partial charge < -0.3 is 0 Å². The fraction of sp³-hybridized carbons (Fsp3) is 0.444. The van der Waals surface area contributed by atoms with E-state index in [1.807, 2.05) is 19.1 Å². The van der Waals surface area contributed by atoms with E-state index >= 15 is 0 Å². The van der Waals surface area contributed by atoms with E-state index in [1.165, 1.54) is 5.56 Å². The summed E-state index contributed by atoms with van der Waals surface area (Å²) in [6.45, 7) is 4.10. The summed E-state index contributed by atoms with van der Waals surface area (Å²) < 4.78 is 0. The third-order valence-corrected chi connectivity index (χ3v) is 2.22. The number of nitrogens with zero attached hydrogens (tertiary/aromatic N) is 1. The Bertz CT molecular complexity index is 235. The summed E-state index contributed by atoms with van der Waals surface area (Å²) in [5.74, 6) is 0. The van der Waals surface area contributed by atoms with Crippen molar-refractivity contribution < 1.29 is 0 Å². The van der Waals surface area contributed by atoms with Gasteiger partial charge in [0, 0.05) is 6.20 Å². The van der Waals surface area contributed by atoms with E-state index in [1.54, 1.807) is 6.20 Å². The molecule has 1 nitrogen and oxygen atoms in total. The second-order valence-electron chi connectivity index (χ2n) is 2.58. The minimum Gasteiger partial charge on any atom is -0.259 e. The standard InChI is InChI=1S/C9H12ClN/c1-3-8(10)9-7(2)5-4-6-11-9/h4-6,8H,3H2,1-2H3. The first-order chi connectivity index (χ1) is 5.25. The highest BCUT2D eigenvalue weighted by molar-refractivity contribution is 6.20. The Hall–Kier alpha value is -0.560. The SMILES string of the molecule is CCC(Cl)c1ncccc1C. The first-order valence-electron chi connectivity index (χ1n) is 3.81. The fourth-order valence-corrected chi connectivity index (χ4v) is 1.25. The predicted octanol–water partition coefficient (Wildman–Crippen LogP) is 3.08. The van der Waals surface area contributed by atoms with Crippen molar-refractivity contribution in [3.05, 3.63) is 29.6 Å². The first-order valence-corrected chi connectivity index (χ1v) is 4.25. The Labute approximate surface area is 72.4 Å². The minimum absolute atomic E-state index is 0.0659. The van der Waals surface area contributed by atoms with Crippen LogP contribution in [0.15, 0.2) is 18.3 Å². The van der Waals surface area contributed by atoms with Crippen LogP contribution in [0.2, 0.25) is 0 Å². The van der Waals surface area contributed by atoms with Crippen LogP contribution in [0.25, 0.3) is 0 Å². The first kappa shape index (κ1) is 8.54. The minimum atomic E-state index is 0.0659. The molecule has 0 fully saturated rings. The summed E-state index contributed by atoms with van der Waals surface area (Å²) in [6, 6.07) is 3.96. The van der Waals surface area contributed by atoms with Crippen LogP contribution in [0.5, 0.6) is 0 Å². The molecule has 0 saturated carbocycles. The van der Waals surface area contributed by atoms with E-state index in [4.69, 9.17) is 11.6 Å². The van der Waals surface area contributed by atoms with Gasteiger partial charge in [-0.2, -0.15) is 0 Å². The van der Waals surface area contributed by atoms with Crippen molar-refractivity contribution in [3.63, 3.8) is 0 Å². The molecule has 0 spiro atoms. The van der Waals surface area contributed by atoms with Crippen LogP contribution in [0.4, 0.5) is 0 Å². The molecule has 1 heterocycles. The Morgan fingerprint density at radius 2 is 2.36 bits per heavy atom. The second kappa shape index (κ2) is 3.72. The largest absolute Gasteiger partial charge is 0.259 e. The Kier molecular flexibility index (Phi) is 2.89. The normalized spacial score (nSPS) is 13.0. The molecule has 1 unspecified atom stereocenters. The van der Waals surface area contributed by atoms with Crippen LogP contribution in [-0.4, -0.2) is 4.98 Å². The zero-order chi connectivity index (χ0) is 8.27. The molecule has 0 aliphatic carbocycles. The quantitative estimate of drug-likeness (QED) is 0.621. The van der Waals surface area contributed by atoms with E-state index in [0.29, 0.717) is 0 Å². The van der Waals surface area contributed by atoms with E-state index < -0.39 is 0 Å². The van der Waals surface area contributed by atoms with Gasteiger partial charge >= 0.3 is 0 Å². The number of alkyl halides is 1. The molecule has 60 valence electrons. The van der Waals surface area contributed by atoms with Gasteiger partial charge in [-0.1, -0.05) is 13.0 Å². The van der Waals surface area contributed by atoms with Gasteiger partial charge in [0.15, 0.2) is 0 Å². The molecule has 0 aliphatic heterocycles. The maximum absolute atomic E-state index is 6.03. The number of rotatable bonds is 2. The van der Waals surface area contributed by atoms with Crippen molar-refractivity contribution in [3.8, 4) is 0 Å². The third kappa shape index (κ3) is 1.93. The van der Waals surface area contributed by atoms with Crippen LogP contribution < -0.4 is 0 Å². The summed E-state index contributed by atoms with van der Waals surface area (Å²) >= 11 is 6.03. The predicted molar refractivity (Wildman–Crippen MR) is 47.9 cm³/mol. The monoisotopic (exact) mass is 169 g/mol. The molecular weight excluding hydrogens is 158 g/mol. The topological polar surface area (TPSA) is 12.9 Å². The van der Waals surface area contributed by atoms with Crippen molar-refractivity contribution in [2.24, 2.45) is 0 Å². The molecule has 0 N–H and O–H groups in total. The summed E-state index contributed by atoms with van der Waals surface area (Å²) in [6.07, 6.45) is 2.72. The lowest BCUT2D eigenvalue weighted by Gasteiger charge is -2.07. The number of hydrogen-bond donors (Lipinski definition) is 0. The Balaban J connectivity index is 2.93. The van der Waals surface area contributed by atoms with Crippen molar-refractivity contribution in [2.75, 3.05) is 0 Å². The molecule has 0 amide bonds. The molecule has 0 bridgehead atoms. The van der Waals surface area contributed by atoms with Crippen LogP contribution in [0.3, 0.4) is 0 Å². The summed E-state index contributed by atoms with van der Waals surface area (Å²) in [4.78, 5) is 4.22. The van der Waals surface area contributed by atoms with Gasteiger partial charge in [-0.15, -0.1) is 11.6 Å². The Morgan fingerprint density at radius 1 is 1.64 bits per heavy atom. The van der Waals surface area contributed by atoms with Gasteiger partial charge in [0.1, 0.15) is 0 Å². The van der Waals surface area contributed by atoms with Gasteiger partial charge in [-0.3, -0.25) is 4.98 Å². The zero-order valence-corrected chi connectivity index (χ0v) is 7.60. The molecule has 0 aromatic carbocycles. The van der Waals surface area contributed by atoms with Gasteiger partial charge in [0.2, 0.25) is 0 Å². The van der Waals surface area contributed by atoms with Crippen molar-refractivity contribution in [2.45, 2.75) is 25.6 Å². The van der Waals surface area contributed by atoms with Crippen LogP contribution in [0, 0.1) is 6.92 Å². The highest BCUT2D eigenvalue weighted by atomic mass is 35.5. The highest BCUT2D eigenvalue weighted by Crippen LogP contribution is 2.23. The molecule has 1 aromatic rings. The summed E-state index contributed by atoms with van der Waals surface area (Å²) in [5, 5.41) is 0.0659. The average molecular weight is 170 g/mol. The number of pyridine rings is 1. The molecule has 1 atom stereocenters. The lowest BCUT2D eigenvalue weighted by Crippen LogP contribution is -1.95. The molecule has 0 radical (unpaired) electrons. The van der Waals surface area contributed by atoms with E-state index in [2.05, 4.69) is 11.9 Å². The molecule has 1 rings (SSSR count). The lowest BCUT2D eigenvalue weighted by atomic mass is 10.1. The Morgan fingerprint density at radius 3 is 2.91 bits per heavy atom. The lowest BCUT2D eigenvalue weighted by molar-refractivity contribution is 0.837. The maximum Gasteiger partial charge on any atom is 0.0757 e. The second-order valence-corrected chi connectivity index (χ2v) is 3.11. The summed E-state index contributed by atoms with van der Waals surface area (Å²) in [5.41, 5.74) is 2.19. The van der Waals surface area contributed by atoms with E-state index in [9.17, 15) is 0 Å². The van der Waals surface area contributed by atoms with E-state index in [0.717, 1.165) is 12.1 Å².